The third kappa shape index (κ3) is 3.83. The molecule has 5 heteroatoms. The Labute approximate surface area is 200 Å². The highest BCUT2D eigenvalue weighted by molar-refractivity contribution is 7.80. The fraction of sp³-hybridized carbons (Fsp3) is 0.214. The lowest BCUT2D eigenvalue weighted by atomic mass is 9.96. The van der Waals surface area contributed by atoms with E-state index in [1.54, 1.807) is 0 Å². The van der Waals surface area contributed by atoms with Crippen LogP contribution in [0.1, 0.15) is 45.9 Å². The number of rotatable bonds is 4. The highest BCUT2D eigenvalue weighted by Crippen LogP contribution is 2.43. The van der Waals surface area contributed by atoms with E-state index in [0.29, 0.717) is 0 Å². The molecule has 4 aromatic rings. The van der Waals surface area contributed by atoms with Crippen molar-refractivity contribution >= 4 is 23.0 Å². The van der Waals surface area contributed by atoms with Crippen LogP contribution in [0.3, 0.4) is 0 Å². The van der Waals surface area contributed by atoms with Crippen LogP contribution in [-0.2, 0) is 0 Å². The van der Waals surface area contributed by atoms with Gasteiger partial charge in [-0.3, -0.25) is 4.98 Å². The first kappa shape index (κ1) is 21.4. The normalized spacial score (nSPS) is 17.9. The molecule has 0 bridgehead atoms. The lowest BCUT2D eigenvalue weighted by Gasteiger charge is -2.28. The molecule has 4 nitrogen and oxygen atoms in total. The minimum absolute atomic E-state index is 0.0149. The summed E-state index contributed by atoms with van der Waals surface area (Å²) in [5.41, 5.74) is 9.39. The molecule has 1 aliphatic heterocycles. The van der Waals surface area contributed by atoms with E-state index < -0.39 is 0 Å². The van der Waals surface area contributed by atoms with Crippen molar-refractivity contribution in [3.63, 3.8) is 0 Å². The van der Waals surface area contributed by atoms with Gasteiger partial charge < -0.3 is 14.8 Å². The van der Waals surface area contributed by atoms with Crippen LogP contribution >= 0.6 is 12.2 Å². The van der Waals surface area contributed by atoms with Crippen molar-refractivity contribution in [2.45, 2.75) is 39.8 Å². The number of anilines is 1. The summed E-state index contributed by atoms with van der Waals surface area (Å²) in [6, 6.07) is 25.5. The van der Waals surface area contributed by atoms with Crippen LogP contribution in [-0.4, -0.2) is 14.7 Å². The van der Waals surface area contributed by atoms with Gasteiger partial charge in [-0.2, -0.15) is 0 Å². The molecule has 0 unspecified atom stereocenters. The fourth-order valence-electron chi connectivity index (χ4n) is 4.98. The number of pyridine rings is 1. The van der Waals surface area contributed by atoms with Crippen LogP contribution in [0.25, 0.3) is 5.69 Å². The van der Waals surface area contributed by atoms with Gasteiger partial charge in [-0.25, -0.2) is 0 Å². The van der Waals surface area contributed by atoms with E-state index in [2.05, 4.69) is 108 Å². The number of aromatic nitrogens is 2. The van der Waals surface area contributed by atoms with E-state index in [4.69, 9.17) is 12.2 Å². The highest BCUT2D eigenvalue weighted by atomic mass is 32.1. The van der Waals surface area contributed by atoms with Crippen molar-refractivity contribution in [2.75, 3.05) is 4.90 Å². The SMILES string of the molecule is Cc1cccc(N2C(=S)N[C@H](c3ccccn3)[C@H]2c2cc(C)n(-c3cccc(C)c3)c2C)c1. The minimum Gasteiger partial charge on any atom is -0.351 e. The predicted molar refractivity (Wildman–Crippen MR) is 139 cm³/mol. The number of nitrogens with one attached hydrogen (secondary N) is 1. The molecule has 2 aromatic carbocycles. The third-order valence-corrected chi connectivity index (χ3v) is 6.74. The van der Waals surface area contributed by atoms with Gasteiger partial charge in [0.25, 0.3) is 0 Å². The molecule has 5 rings (SSSR count). The number of nitrogens with zero attached hydrogens (tertiary/aromatic N) is 3. The highest BCUT2D eigenvalue weighted by Gasteiger charge is 2.42. The van der Waals surface area contributed by atoms with E-state index in [9.17, 15) is 0 Å². The fourth-order valence-corrected chi connectivity index (χ4v) is 5.32. The summed E-state index contributed by atoms with van der Waals surface area (Å²) < 4.78 is 2.34. The van der Waals surface area contributed by atoms with Crippen LogP contribution < -0.4 is 10.2 Å². The van der Waals surface area contributed by atoms with E-state index in [-0.39, 0.29) is 12.1 Å². The third-order valence-electron chi connectivity index (χ3n) is 6.43. The Balaban J connectivity index is 1.69. The van der Waals surface area contributed by atoms with Gasteiger partial charge in [0, 0.05) is 29.0 Å². The van der Waals surface area contributed by atoms with Crippen LogP contribution in [0.4, 0.5) is 5.69 Å². The first-order valence-corrected chi connectivity index (χ1v) is 11.7. The zero-order valence-electron chi connectivity index (χ0n) is 19.4. The van der Waals surface area contributed by atoms with E-state index >= 15 is 0 Å². The lowest BCUT2D eigenvalue weighted by Crippen LogP contribution is -2.29. The maximum absolute atomic E-state index is 5.89. The monoisotopic (exact) mass is 452 g/mol. The van der Waals surface area contributed by atoms with E-state index in [1.165, 1.54) is 33.8 Å². The van der Waals surface area contributed by atoms with Crippen molar-refractivity contribution in [2.24, 2.45) is 0 Å². The van der Waals surface area contributed by atoms with Crippen LogP contribution in [0.5, 0.6) is 0 Å². The Kier molecular flexibility index (Phi) is 5.51. The maximum atomic E-state index is 5.89. The smallest absolute Gasteiger partial charge is 0.174 e. The molecule has 0 aliphatic carbocycles. The molecular weight excluding hydrogens is 424 g/mol. The summed E-state index contributed by atoms with van der Waals surface area (Å²) >= 11 is 5.89. The molecule has 0 saturated carbocycles. The van der Waals surface area contributed by atoms with Crippen molar-refractivity contribution in [3.05, 3.63) is 113 Å². The number of hydrogen-bond donors (Lipinski definition) is 1. The summed E-state index contributed by atoms with van der Waals surface area (Å²) in [5.74, 6) is 0. The standard InChI is InChI=1S/C28H28N4S/c1-18-9-7-11-22(15-18)31-20(3)17-24(21(31)4)27-26(25-13-5-6-14-29-25)30-28(33)32(27)23-12-8-10-19(2)16-23/h5-17,26-27H,1-4H3,(H,30,33)/t26-,27-/m1/s1. The van der Waals surface area contributed by atoms with Gasteiger partial charge >= 0.3 is 0 Å². The number of aryl methyl sites for hydroxylation is 3. The van der Waals surface area contributed by atoms with Crippen molar-refractivity contribution in [1.29, 1.82) is 0 Å². The first-order chi connectivity index (χ1) is 15.9. The lowest BCUT2D eigenvalue weighted by molar-refractivity contribution is 0.565. The number of benzene rings is 2. The van der Waals surface area contributed by atoms with Gasteiger partial charge in [0.1, 0.15) is 0 Å². The summed E-state index contributed by atoms with van der Waals surface area (Å²) in [6.07, 6.45) is 1.85. The average molecular weight is 453 g/mol. The summed E-state index contributed by atoms with van der Waals surface area (Å²) in [7, 11) is 0. The second kappa shape index (κ2) is 8.49. The molecule has 3 heterocycles. The molecule has 0 spiro atoms. The molecule has 1 saturated heterocycles. The Bertz CT molecular complexity index is 1320. The van der Waals surface area contributed by atoms with Gasteiger partial charge in [-0.1, -0.05) is 30.3 Å². The van der Waals surface area contributed by atoms with Crippen LogP contribution in [0, 0.1) is 27.7 Å². The Morgan fingerprint density at radius 2 is 1.52 bits per heavy atom. The average Bonchev–Trinajstić information content (AvgIpc) is 3.29. The van der Waals surface area contributed by atoms with Crippen LogP contribution in [0.15, 0.2) is 79.0 Å². The Morgan fingerprint density at radius 1 is 0.818 bits per heavy atom. The molecule has 2 aromatic heterocycles. The topological polar surface area (TPSA) is 33.1 Å². The summed E-state index contributed by atoms with van der Waals surface area (Å²) in [5, 5.41) is 4.30. The van der Waals surface area contributed by atoms with Crippen LogP contribution in [0.2, 0.25) is 0 Å². The first-order valence-electron chi connectivity index (χ1n) is 11.3. The molecular formula is C28H28N4S. The van der Waals surface area contributed by atoms with Gasteiger partial charge in [0.05, 0.1) is 17.8 Å². The molecule has 33 heavy (non-hydrogen) atoms. The van der Waals surface area contributed by atoms with E-state index in [0.717, 1.165) is 16.5 Å². The molecule has 166 valence electrons. The summed E-state index contributed by atoms with van der Waals surface area (Å²) in [4.78, 5) is 6.94. The second-order valence-corrected chi connectivity index (χ2v) is 9.22. The zero-order valence-corrected chi connectivity index (χ0v) is 20.2. The Morgan fingerprint density at radius 3 is 2.18 bits per heavy atom. The molecule has 0 amide bonds. The zero-order chi connectivity index (χ0) is 23.1. The molecule has 1 aliphatic rings. The quantitative estimate of drug-likeness (QED) is 0.369. The van der Waals surface area contributed by atoms with Crippen molar-refractivity contribution in [3.8, 4) is 5.69 Å². The molecule has 1 fully saturated rings. The van der Waals surface area contributed by atoms with Gasteiger partial charge in [0.2, 0.25) is 0 Å². The second-order valence-electron chi connectivity index (χ2n) is 8.84. The Hall–Kier alpha value is -3.44. The molecule has 0 radical (unpaired) electrons. The molecule has 2 atom stereocenters. The number of thiocarbonyl (C=S) groups is 1. The van der Waals surface area contributed by atoms with Gasteiger partial charge in [-0.05, 0) is 99.1 Å². The largest absolute Gasteiger partial charge is 0.351 e. The molecule has 1 N–H and O–H groups in total. The number of hydrogen-bond acceptors (Lipinski definition) is 2. The van der Waals surface area contributed by atoms with Crippen molar-refractivity contribution < 1.29 is 0 Å². The predicted octanol–water partition coefficient (Wildman–Crippen LogP) is 6.28. The van der Waals surface area contributed by atoms with Crippen molar-refractivity contribution in [1.82, 2.24) is 14.9 Å². The summed E-state index contributed by atoms with van der Waals surface area (Å²) in [6.45, 7) is 8.63. The maximum Gasteiger partial charge on any atom is 0.174 e. The van der Waals surface area contributed by atoms with Gasteiger partial charge in [0.15, 0.2) is 5.11 Å². The van der Waals surface area contributed by atoms with E-state index in [1.807, 2.05) is 18.3 Å². The minimum atomic E-state index is -0.0503. The van der Waals surface area contributed by atoms with Gasteiger partial charge in [-0.15, -0.1) is 0 Å².